The first-order chi connectivity index (χ1) is 18.0. The van der Waals surface area contributed by atoms with E-state index < -0.39 is 17.6 Å². The van der Waals surface area contributed by atoms with Gasteiger partial charge in [-0.25, -0.2) is 9.18 Å². The van der Waals surface area contributed by atoms with E-state index in [1.165, 1.54) is 82.8 Å². The summed E-state index contributed by atoms with van der Waals surface area (Å²) in [5.74, 6) is -0.747. The van der Waals surface area contributed by atoms with Crippen molar-refractivity contribution in [3.63, 3.8) is 0 Å². The van der Waals surface area contributed by atoms with Crippen LogP contribution >= 0.6 is 0 Å². The standard InChI is InChI=1S/C32H50F2O3/c1-3-5-7-8-9-11-23-36-29-22-21-28(30(33)31(29)34)32(35)37-27-19-17-26(18-20-27)25-15-13-24(14-16-25)12-10-6-4-2/h21-22,24-27H,3-20,23H2,1-2H3/t24-,25-,26-,27-. The van der Waals surface area contributed by atoms with Gasteiger partial charge >= 0.3 is 5.97 Å². The molecule has 5 heteroatoms. The molecule has 0 amide bonds. The van der Waals surface area contributed by atoms with Crippen molar-refractivity contribution in [2.75, 3.05) is 6.61 Å². The fourth-order valence-corrected chi connectivity index (χ4v) is 6.39. The quantitative estimate of drug-likeness (QED) is 0.170. The maximum absolute atomic E-state index is 14.7. The first-order valence-corrected chi connectivity index (χ1v) is 15.3. The molecule has 2 saturated carbocycles. The zero-order chi connectivity index (χ0) is 26.5. The number of carbonyl (C=O) groups is 1. The molecule has 2 aliphatic rings. The molecule has 0 aliphatic heterocycles. The molecule has 2 aliphatic carbocycles. The summed E-state index contributed by atoms with van der Waals surface area (Å²) < 4.78 is 40.3. The summed E-state index contributed by atoms with van der Waals surface area (Å²) in [5.41, 5.74) is -0.340. The predicted molar refractivity (Wildman–Crippen MR) is 146 cm³/mol. The van der Waals surface area contributed by atoms with Gasteiger partial charge in [0.15, 0.2) is 11.6 Å². The number of hydrogen-bond acceptors (Lipinski definition) is 3. The van der Waals surface area contributed by atoms with Crippen LogP contribution in [-0.4, -0.2) is 18.7 Å². The highest BCUT2D eigenvalue weighted by atomic mass is 19.2. The minimum absolute atomic E-state index is 0.136. The summed E-state index contributed by atoms with van der Waals surface area (Å²) in [6, 6.07) is 2.64. The molecule has 0 spiro atoms. The zero-order valence-corrected chi connectivity index (χ0v) is 23.4. The second-order valence-electron chi connectivity index (χ2n) is 11.6. The molecule has 0 N–H and O–H groups in total. The molecule has 0 unspecified atom stereocenters. The van der Waals surface area contributed by atoms with E-state index in [1.54, 1.807) is 0 Å². The Bertz CT molecular complexity index is 795. The van der Waals surface area contributed by atoms with E-state index in [0.717, 1.165) is 56.8 Å². The van der Waals surface area contributed by atoms with E-state index in [-0.39, 0.29) is 17.4 Å². The van der Waals surface area contributed by atoms with E-state index in [1.807, 2.05) is 0 Å². The van der Waals surface area contributed by atoms with Gasteiger partial charge in [-0.3, -0.25) is 0 Å². The van der Waals surface area contributed by atoms with Crippen LogP contribution in [0.15, 0.2) is 12.1 Å². The van der Waals surface area contributed by atoms with Gasteiger partial charge in [0.2, 0.25) is 5.82 Å². The Labute approximate surface area is 224 Å². The number of halogens is 2. The van der Waals surface area contributed by atoms with Crippen molar-refractivity contribution >= 4 is 5.97 Å². The van der Waals surface area contributed by atoms with E-state index in [9.17, 15) is 13.6 Å². The molecule has 2 fully saturated rings. The second-order valence-corrected chi connectivity index (χ2v) is 11.6. The molecule has 210 valence electrons. The molecule has 0 saturated heterocycles. The summed E-state index contributed by atoms with van der Waals surface area (Å²) in [6.07, 6.45) is 20.9. The SMILES string of the molecule is CCCCCCCCOc1ccc(C(=O)O[C@H]2CC[C@H]([C@H]3CC[C@H](CCCCC)CC3)CC2)c(F)c1F. The monoisotopic (exact) mass is 520 g/mol. The number of ether oxygens (including phenoxy) is 2. The molecule has 0 radical (unpaired) electrons. The number of benzene rings is 1. The molecule has 3 rings (SSSR count). The average Bonchev–Trinajstić information content (AvgIpc) is 2.91. The zero-order valence-electron chi connectivity index (χ0n) is 23.4. The molecule has 1 aromatic rings. The van der Waals surface area contributed by atoms with Gasteiger partial charge in [-0.05, 0) is 74.8 Å². The number of carbonyl (C=O) groups excluding carboxylic acids is 1. The van der Waals surface area contributed by atoms with Gasteiger partial charge in [0, 0.05) is 0 Å². The van der Waals surface area contributed by atoms with Gasteiger partial charge in [-0.2, -0.15) is 4.39 Å². The molecular weight excluding hydrogens is 470 g/mol. The summed E-state index contributed by atoms with van der Waals surface area (Å²) >= 11 is 0. The lowest BCUT2D eigenvalue weighted by atomic mass is 9.70. The van der Waals surface area contributed by atoms with Crippen LogP contribution in [0.4, 0.5) is 8.78 Å². The summed E-state index contributed by atoms with van der Waals surface area (Å²) in [5, 5.41) is 0. The number of hydrogen-bond donors (Lipinski definition) is 0. The molecule has 3 nitrogen and oxygen atoms in total. The van der Waals surface area contributed by atoms with Crippen LogP contribution in [-0.2, 0) is 4.74 Å². The fourth-order valence-electron chi connectivity index (χ4n) is 6.39. The van der Waals surface area contributed by atoms with Gasteiger partial charge < -0.3 is 9.47 Å². The Kier molecular flexibility index (Phi) is 13.2. The van der Waals surface area contributed by atoms with Crippen LogP contribution in [0.25, 0.3) is 0 Å². The van der Waals surface area contributed by atoms with Crippen LogP contribution in [0, 0.1) is 29.4 Å². The third kappa shape index (κ3) is 9.55. The molecule has 0 atom stereocenters. The first-order valence-electron chi connectivity index (χ1n) is 15.3. The minimum atomic E-state index is -1.17. The Hall–Kier alpha value is -1.65. The topological polar surface area (TPSA) is 35.5 Å². The average molecular weight is 521 g/mol. The van der Waals surface area contributed by atoms with Gasteiger partial charge in [0.1, 0.15) is 6.10 Å². The Morgan fingerprint density at radius 1 is 0.757 bits per heavy atom. The molecular formula is C32H50F2O3. The van der Waals surface area contributed by atoms with E-state index in [0.29, 0.717) is 12.5 Å². The third-order valence-electron chi connectivity index (χ3n) is 8.79. The minimum Gasteiger partial charge on any atom is -0.490 e. The van der Waals surface area contributed by atoms with Gasteiger partial charge in [-0.15, -0.1) is 0 Å². The lowest BCUT2D eigenvalue weighted by molar-refractivity contribution is 0.0104. The first kappa shape index (κ1) is 29.9. The maximum atomic E-state index is 14.7. The van der Waals surface area contributed by atoms with Crippen molar-refractivity contribution < 1.29 is 23.0 Å². The Morgan fingerprint density at radius 2 is 1.35 bits per heavy atom. The third-order valence-corrected chi connectivity index (χ3v) is 8.79. The van der Waals surface area contributed by atoms with Crippen LogP contribution in [0.2, 0.25) is 0 Å². The van der Waals surface area contributed by atoms with Crippen molar-refractivity contribution in [2.24, 2.45) is 17.8 Å². The number of unbranched alkanes of at least 4 members (excludes halogenated alkanes) is 7. The van der Waals surface area contributed by atoms with E-state index >= 15 is 0 Å². The molecule has 0 aromatic heterocycles. The molecule has 37 heavy (non-hydrogen) atoms. The van der Waals surface area contributed by atoms with Crippen LogP contribution in [0.5, 0.6) is 5.75 Å². The highest BCUT2D eigenvalue weighted by Gasteiger charge is 2.32. The lowest BCUT2D eigenvalue weighted by Gasteiger charge is -2.37. The largest absolute Gasteiger partial charge is 0.490 e. The van der Waals surface area contributed by atoms with Crippen LogP contribution in [0.1, 0.15) is 140 Å². The van der Waals surface area contributed by atoms with E-state index in [2.05, 4.69) is 13.8 Å². The van der Waals surface area contributed by atoms with Crippen LogP contribution in [0.3, 0.4) is 0 Å². The second kappa shape index (κ2) is 16.3. The number of rotatable bonds is 15. The highest BCUT2D eigenvalue weighted by Crippen LogP contribution is 2.41. The van der Waals surface area contributed by atoms with Crippen molar-refractivity contribution in [1.29, 1.82) is 0 Å². The van der Waals surface area contributed by atoms with Crippen molar-refractivity contribution in [1.82, 2.24) is 0 Å². The smallest absolute Gasteiger partial charge is 0.341 e. The van der Waals surface area contributed by atoms with Crippen molar-refractivity contribution in [2.45, 2.75) is 136 Å². The van der Waals surface area contributed by atoms with Gasteiger partial charge in [0.25, 0.3) is 0 Å². The van der Waals surface area contributed by atoms with Crippen molar-refractivity contribution in [3.8, 4) is 5.75 Å². The van der Waals surface area contributed by atoms with Crippen LogP contribution < -0.4 is 4.74 Å². The summed E-state index contributed by atoms with van der Waals surface area (Å²) in [4.78, 5) is 12.6. The Morgan fingerprint density at radius 3 is 2.03 bits per heavy atom. The lowest BCUT2D eigenvalue weighted by Crippen LogP contribution is -2.30. The van der Waals surface area contributed by atoms with Gasteiger partial charge in [0.05, 0.1) is 12.2 Å². The van der Waals surface area contributed by atoms with E-state index in [4.69, 9.17) is 9.47 Å². The normalized spacial score (nSPS) is 24.1. The highest BCUT2D eigenvalue weighted by molar-refractivity contribution is 5.90. The number of esters is 1. The molecule has 1 aromatic carbocycles. The van der Waals surface area contributed by atoms with Crippen molar-refractivity contribution in [3.05, 3.63) is 29.3 Å². The molecule has 0 bridgehead atoms. The van der Waals surface area contributed by atoms with Gasteiger partial charge in [-0.1, -0.05) is 84.5 Å². The summed E-state index contributed by atoms with van der Waals surface area (Å²) in [6.45, 7) is 4.78. The summed E-state index contributed by atoms with van der Waals surface area (Å²) in [7, 11) is 0. The maximum Gasteiger partial charge on any atom is 0.341 e. The molecule has 0 heterocycles. The Balaban J connectivity index is 1.38. The predicted octanol–water partition coefficient (Wildman–Crippen LogP) is 9.81. The fraction of sp³-hybridized carbons (Fsp3) is 0.781.